The molecule has 0 bridgehead atoms. The van der Waals surface area contributed by atoms with Gasteiger partial charge in [-0.05, 0) is 43.2 Å². The third-order valence-corrected chi connectivity index (χ3v) is 3.76. The van der Waals surface area contributed by atoms with Crippen molar-refractivity contribution < 1.29 is 9.13 Å². The molecular formula is C16H15Cl2FO. The van der Waals surface area contributed by atoms with Gasteiger partial charge in [-0.15, -0.1) is 11.6 Å². The van der Waals surface area contributed by atoms with Crippen LogP contribution in [0.25, 0.3) is 0 Å². The smallest absolute Gasteiger partial charge is 0.127 e. The fourth-order valence-corrected chi connectivity index (χ4v) is 2.50. The largest absolute Gasteiger partial charge is 0.494 e. The topological polar surface area (TPSA) is 9.23 Å². The monoisotopic (exact) mass is 312 g/mol. The molecule has 106 valence electrons. The first-order valence-corrected chi connectivity index (χ1v) is 7.23. The molecule has 2 aromatic rings. The van der Waals surface area contributed by atoms with Crippen molar-refractivity contribution in [2.75, 3.05) is 6.61 Å². The molecule has 0 aromatic heterocycles. The van der Waals surface area contributed by atoms with Gasteiger partial charge in [-0.25, -0.2) is 4.39 Å². The number of halogens is 3. The highest BCUT2D eigenvalue weighted by atomic mass is 35.5. The summed E-state index contributed by atoms with van der Waals surface area (Å²) in [5.74, 6) is 0.470. The maximum atomic E-state index is 13.7. The Morgan fingerprint density at radius 2 is 1.85 bits per heavy atom. The van der Waals surface area contributed by atoms with Crippen molar-refractivity contribution in [3.05, 3.63) is 64.4 Å². The van der Waals surface area contributed by atoms with Crippen molar-refractivity contribution in [2.45, 2.75) is 18.7 Å². The van der Waals surface area contributed by atoms with Crippen LogP contribution in [0.1, 0.15) is 23.4 Å². The molecule has 20 heavy (non-hydrogen) atoms. The van der Waals surface area contributed by atoms with Crippen molar-refractivity contribution in [1.29, 1.82) is 0 Å². The molecule has 2 aromatic carbocycles. The second kappa shape index (κ2) is 6.96. The summed E-state index contributed by atoms with van der Waals surface area (Å²) in [6.07, 6.45) is 0.348. The molecule has 0 aliphatic rings. The van der Waals surface area contributed by atoms with Crippen LogP contribution in [0, 0.1) is 5.82 Å². The van der Waals surface area contributed by atoms with Gasteiger partial charge >= 0.3 is 0 Å². The van der Waals surface area contributed by atoms with Gasteiger partial charge in [0.25, 0.3) is 0 Å². The minimum atomic E-state index is -0.333. The van der Waals surface area contributed by atoms with Gasteiger partial charge in [0.05, 0.1) is 12.0 Å². The third kappa shape index (κ3) is 3.65. The van der Waals surface area contributed by atoms with E-state index < -0.39 is 0 Å². The van der Waals surface area contributed by atoms with Gasteiger partial charge in [0.1, 0.15) is 11.6 Å². The second-order valence-corrected chi connectivity index (χ2v) is 5.31. The molecule has 0 fully saturated rings. The van der Waals surface area contributed by atoms with Crippen LogP contribution in [-0.2, 0) is 6.42 Å². The molecule has 0 aliphatic carbocycles. The molecular weight excluding hydrogens is 298 g/mol. The van der Waals surface area contributed by atoms with Gasteiger partial charge in [0, 0.05) is 10.6 Å². The van der Waals surface area contributed by atoms with E-state index in [-0.39, 0.29) is 11.2 Å². The Morgan fingerprint density at radius 3 is 2.45 bits per heavy atom. The first kappa shape index (κ1) is 15.1. The summed E-state index contributed by atoms with van der Waals surface area (Å²) in [6, 6.07) is 12.1. The molecule has 0 saturated heterocycles. The van der Waals surface area contributed by atoms with Crippen LogP contribution in [0.4, 0.5) is 4.39 Å². The molecule has 0 aliphatic heterocycles. The Kier molecular flexibility index (Phi) is 5.27. The summed E-state index contributed by atoms with van der Waals surface area (Å²) in [4.78, 5) is 0. The zero-order valence-electron chi connectivity index (χ0n) is 11.1. The maximum absolute atomic E-state index is 13.7. The standard InChI is InChI=1S/C16H15Cl2FO/c1-2-20-12-8-6-11(7-9-12)15(18)10-13-14(17)4-3-5-16(13)19/h3-9,15H,2,10H2,1H3. The van der Waals surface area contributed by atoms with Crippen LogP contribution in [0.5, 0.6) is 5.75 Å². The number of rotatable bonds is 5. The van der Waals surface area contributed by atoms with Crippen LogP contribution in [0.15, 0.2) is 42.5 Å². The van der Waals surface area contributed by atoms with Gasteiger partial charge in [-0.1, -0.05) is 29.8 Å². The van der Waals surface area contributed by atoms with Crippen LogP contribution >= 0.6 is 23.2 Å². The zero-order valence-corrected chi connectivity index (χ0v) is 12.6. The highest BCUT2D eigenvalue weighted by Crippen LogP contribution is 2.30. The molecule has 0 N–H and O–H groups in total. The summed E-state index contributed by atoms with van der Waals surface area (Å²) in [5.41, 5.74) is 1.36. The summed E-state index contributed by atoms with van der Waals surface area (Å²) in [7, 11) is 0. The highest BCUT2D eigenvalue weighted by molar-refractivity contribution is 6.31. The summed E-state index contributed by atoms with van der Waals surface area (Å²) in [6.45, 7) is 2.55. The van der Waals surface area contributed by atoms with Crippen LogP contribution in [-0.4, -0.2) is 6.61 Å². The molecule has 1 atom stereocenters. The Bertz CT molecular complexity index is 549. The predicted octanol–water partition coefficient (Wildman–Crippen LogP) is 5.40. The van der Waals surface area contributed by atoms with Gasteiger partial charge in [-0.3, -0.25) is 0 Å². The molecule has 0 amide bonds. The van der Waals surface area contributed by atoms with E-state index in [4.69, 9.17) is 27.9 Å². The Labute approximate surface area is 128 Å². The summed E-state index contributed by atoms with van der Waals surface area (Å²) < 4.78 is 19.1. The first-order valence-electron chi connectivity index (χ1n) is 6.41. The number of hydrogen-bond donors (Lipinski definition) is 0. The number of benzene rings is 2. The van der Waals surface area contributed by atoms with E-state index in [0.717, 1.165) is 11.3 Å². The van der Waals surface area contributed by atoms with Crippen molar-refractivity contribution in [2.24, 2.45) is 0 Å². The Balaban J connectivity index is 2.13. The number of hydrogen-bond acceptors (Lipinski definition) is 1. The quantitative estimate of drug-likeness (QED) is 0.672. The van der Waals surface area contributed by atoms with Gasteiger partial charge in [0.15, 0.2) is 0 Å². The SMILES string of the molecule is CCOc1ccc(C(Cl)Cc2c(F)cccc2Cl)cc1. The lowest BCUT2D eigenvalue weighted by Gasteiger charge is -2.13. The molecule has 1 unspecified atom stereocenters. The van der Waals surface area contributed by atoms with Gasteiger partial charge in [-0.2, -0.15) is 0 Å². The molecule has 0 saturated carbocycles. The van der Waals surface area contributed by atoms with Crippen molar-refractivity contribution in [1.82, 2.24) is 0 Å². The zero-order chi connectivity index (χ0) is 14.5. The molecule has 0 radical (unpaired) electrons. The maximum Gasteiger partial charge on any atom is 0.127 e. The molecule has 4 heteroatoms. The minimum absolute atomic E-state index is 0.325. The third-order valence-electron chi connectivity index (χ3n) is 3.00. The highest BCUT2D eigenvalue weighted by Gasteiger charge is 2.14. The average molecular weight is 313 g/mol. The van der Waals surface area contributed by atoms with E-state index in [0.29, 0.717) is 23.6 Å². The van der Waals surface area contributed by atoms with Crippen LogP contribution in [0.3, 0.4) is 0 Å². The lowest BCUT2D eigenvalue weighted by molar-refractivity contribution is 0.340. The molecule has 0 heterocycles. The van der Waals surface area contributed by atoms with E-state index in [2.05, 4.69) is 0 Å². The van der Waals surface area contributed by atoms with E-state index in [9.17, 15) is 4.39 Å². The van der Waals surface area contributed by atoms with E-state index in [1.54, 1.807) is 12.1 Å². The lowest BCUT2D eigenvalue weighted by Crippen LogP contribution is -2.00. The van der Waals surface area contributed by atoms with Crippen molar-refractivity contribution >= 4 is 23.2 Å². The van der Waals surface area contributed by atoms with Crippen molar-refractivity contribution in [3.8, 4) is 5.75 Å². The number of alkyl halides is 1. The first-order chi connectivity index (χ1) is 9.61. The Morgan fingerprint density at radius 1 is 1.15 bits per heavy atom. The fourth-order valence-electron chi connectivity index (χ4n) is 1.96. The van der Waals surface area contributed by atoms with E-state index in [1.807, 2.05) is 31.2 Å². The van der Waals surface area contributed by atoms with E-state index in [1.165, 1.54) is 6.07 Å². The average Bonchev–Trinajstić information content (AvgIpc) is 2.44. The second-order valence-electron chi connectivity index (χ2n) is 4.37. The minimum Gasteiger partial charge on any atom is -0.494 e. The molecule has 1 nitrogen and oxygen atoms in total. The Hall–Kier alpha value is -1.25. The predicted molar refractivity (Wildman–Crippen MR) is 81.3 cm³/mol. The summed E-state index contributed by atoms with van der Waals surface area (Å²) >= 11 is 12.4. The van der Waals surface area contributed by atoms with Crippen molar-refractivity contribution in [3.63, 3.8) is 0 Å². The van der Waals surface area contributed by atoms with E-state index >= 15 is 0 Å². The van der Waals surface area contributed by atoms with Gasteiger partial charge in [0.2, 0.25) is 0 Å². The summed E-state index contributed by atoms with van der Waals surface area (Å²) in [5, 5.41) is 0.0710. The normalized spacial score (nSPS) is 12.2. The fraction of sp³-hybridized carbons (Fsp3) is 0.250. The number of ether oxygens (including phenoxy) is 1. The lowest BCUT2D eigenvalue weighted by atomic mass is 10.0. The molecule has 0 spiro atoms. The van der Waals surface area contributed by atoms with Gasteiger partial charge < -0.3 is 4.74 Å². The van der Waals surface area contributed by atoms with Crippen LogP contribution < -0.4 is 4.74 Å². The van der Waals surface area contributed by atoms with Crippen LogP contribution in [0.2, 0.25) is 5.02 Å². The molecule has 2 rings (SSSR count).